The summed E-state index contributed by atoms with van der Waals surface area (Å²) in [6.45, 7) is 3.53. The van der Waals surface area contributed by atoms with Crippen LogP contribution in [0.15, 0.2) is 48.5 Å². The number of rotatable bonds is 9. The van der Waals surface area contributed by atoms with E-state index in [1.54, 1.807) is 11.9 Å². The second kappa shape index (κ2) is 10.7. The van der Waals surface area contributed by atoms with Crippen molar-refractivity contribution < 1.29 is 19.1 Å². The van der Waals surface area contributed by atoms with Gasteiger partial charge in [0.05, 0.1) is 0 Å². The zero-order chi connectivity index (χ0) is 21.3. The maximum Gasteiger partial charge on any atom is 0.242 e. The highest BCUT2D eigenvalue weighted by molar-refractivity contribution is 5.87. The molecule has 0 aliphatic carbocycles. The topological polar surface area (TPSA) is 67.9 Å². The Balaban J connectivity index is 1.68. The summed E-state index contributed by atoms with van der Waals surface area (Å²) in [4.78, 5) is 27.3. The van der Waals surface area contributed by atoms with Crippen LogP contribution in [0.3, 0.4) is 0 Å². The average Bonchev–Trinajstić information content (AvgIpc) is 2.80. The van der Waals surface area contributed by atoms with Crippen LogP contribution in [0.4, 0.5) is 0 Å². The molecule has 1 N–H and O–H groups in total. The average molecular weight is 411 g/mol. The van der Waals surface area contributed by atoms with Gasteiger partial charge in [-0.05, 0) is 42.5 Å². The Hall–Kier alpha value is -3.02. The van der Waals surface area contributed by atoms with Gasteiger partial charge >= 0.3 is 0 Å². The van der Waals surface area contributed by atoms with Gasteiger partial charge in [0.1, 0.15) is 19.3 Å². The lowest BCUT2D eigenvalue weighted by atomic mass is 10.1. The van der Waals surface area contributed by atoms with E-state index in [-0.39, 0.29) is 11.8 Å². The van der Waals surface area contributed by atoms with Gasteiger partial charge in [-0.3, -0.25) is 9.59 Å². The van der Waals surface area contributed by atoms with E-state index in [1.807, 2.05) is 55.5 Å². The lowest BCUT2D eigenvalue weighted by Gasteiger charge is -2.30. The molecule has 0 bridgehead atoms. The molecule has 0 fully saturated rings. The predicted octanol–water partition coefficient (Wildman–Crippen LogP) is 2.99. The molecule has 2 amide bonds. The van der Waals surface area contributed by atoms with E-state index in [4.69, 9.17) is 9.47 Å². The van der Waals surface area contributed by atoms with E-state index < -0.39 is 6.04 Å². The fourth-order valence-electron chi connectivity index (χ4n) is 3.70. The standard InChI is InChI=1S/C24H30N2O4/c1-3-20(24(28)25-2)26(14-13-18-7-5-4-6-8-18)23(27)12-10-19-9-11-21-22(17-19)30-16-15-29-21/h4-9,11,17,20H,3,10,12-16H2,1-2H3,(H,25,28)/t20-/m0/s1. The van der Waals surface area contributed by atoms with Crippen LogP contribution in [0.5, 0.6) is 11.5 Å². The summed E-state index contributed by atoms with van der Waals surface area (Å²) in [5, 5.41) is 2.69. The van der Waals surface area contributed by atoms with E-state index >= 15 is 0 Å². The molecule has 1 heterocycles. The van der Waals surface area contributed by atoms with Gasteiger partial charge in [0.15, 0.2) is 11.5 Å². The number of nitrogens with zero attached hydrogens (tertiary/aromatic N) is 1. The van der Waals surface area contributed by atoms with Crippen molar-refractivity contribution in [2.24, 2.45) is 0 Å². The number of ether oxygens (including phenoxy) is 2. The number of hydrogen-bond acceptors (Lipinski definition) is 4. The van der Waals surface area contributed by atoms with Crippen LogP contribution in [0.1, 0.15) is 30.9 Å². The monoisotopic (exact) mass is 410 g/mol. The van der Waals surface area contributed by atoms with Gasteiger partial charge in [-0.15, -0.1) is 0 Å². The number of likely N-dealkylation sites (N-methyl/N-ethyl adjacent to an activating group) is 1. The SMILES string of the molecule is CC[C@@H](C(=O)NC)N(CCc1ccccc1)C(=O)CCc1ccc2c(c1)OCCO2. The molecule has 1 aliphatic heterocycles. The molecule has 160 valence electrons. The highest BCUT2D eigenvalue weighted by Crippen LogP contribution is 2.31. The van der Waals surface area contributed by atoms with E-state index in [0.29, 0.717) is 45.4 Å². The molecule has 0 radical (unpaired) electrons. The molecule has 2 aromatic carbocycles. The highest BCUT2D eigenvalue weighted by Gasteiger charge is 2.27. The Morgan fingerprint density at radius 1 is 1.00 bits per heavy atom. The van der Waals surface area contributed by atoms with Gasteiger partial charge in [-0.25, -0.2) is 0 Å². The fraction of sp³-hybridized carbons (Fsp3) is 0.417. The third-order valence-corrected chi connectivity index (χ3v) is 5.35. The Labute approximate surface area is 178 Å². The first kappa shape index (κ1) is 21.7. The van der Waals surface area contributed by atoms with Gasteiger partial charge in [0.2, 0.25) is 11.8 Å². The first-order valence-corrected chi connectivity index (χ1v) is 10.6. The quantitative estimate of drug-likeness (QED) is 0.690. The maximum atomic E-state index is 13.1. The van der Waals surface area contributed by atoms with Crippen molar-refractivity contribution >= 4 is 11.8 Å². The molecule has 6 nitrogen and oxygen atoms in total. The zero-order valence-corrected chi connectivity index (χ0v) is 17.7. The van der Waals surface area contributed by atoms with Crippen molar-refractivity contribution in [2.75, 3.05) is 26.8 Å². The van der Waals surface area contributed by atoms with Gasteiger partial charge in [-0.2, -0.15) is 0 Å². The minimum atomic E-state index is -0.466. The van der Waals surface area contributed by atoms with Gasteiger partial charge in [0.25, 0.3) is 0 Å². The lowest BCUT2D eigenvalue weighted by Crippen LogP contribution is -2.49. The summed E-state index contributed by atoms with van der Waals surface area (Å²) in [5.74, 6) is 1.32. The highest BCUT2D eigenvalue weighted by atomic mass is 16.6. The molecular weight excluding hydrogens is 380 g/mol. The van der Waals surface area contributed by atoms with Gasteiger partial charge < -0.3 is 19.7 Å². The Morgan fingerprint density at radius 3 is 2.43 bits per heavy atom. The van der Waals surface area contributed by atoms with Crippen LogP contribution in [-0.4, -0.2) is 49.6 Å². The predicted molar refractivity (Wildman–Crippen MR) is 116 cm³/mol. The molecule has 0 saturated carbocycles. The van der Waals surface area contributed by atoms with Crippen LogP contribution >= 0.6 is 0 Å². The number of hydrogen-bond donors (Lipinski definition) is 1. The van der Waals surface area contributed by atoms with Crippen LogP contribution in [0.25, 0.3) is 0 Å². The smallest absolute Gasteiger partial charge is 0.242 e. The molecule has 1 aliphatic rings. The summed E-state index contributed by atoms with van der Waals surface area (Å²) in [6.07, 6.45) is 2.21. The van der Waals surface area contributed by atoms with E-state index in [2.05, 4.69) is 5.32 Å². The molecule has 2 aromatic rings. The number of benzene rings is 2. The number of fused-ring (bicyclic) bond motifs is 1. The molecule has 6 heteroatoms. The Bertz CT molecular complexity index is 854. The minimum Gasteiger partial charge on any atom is -0.486 e. The molecule has 3 rings (SSSR count). The van der Waals surface area contributed by atoms with E-state index in [1.165, 1.54) is 0 Å². The number of carbonyl (C=O) groups excluding carboxylic acids is 2. The third-order valence-electron chi connectivity index (χ3n) is 5.35. The Morgan fingerprint density at radius 2 is 1.73 bits per heavy atom. The number of nitrogens with one attached hydrogen (secondary N) is 1. The molecule has 1 atom stereocenters. The van der Waals surface area contributed by atoms with Crippen molar-refractivity contribution in [3.63, 3.8) is 0 Å². The van der Waals surface area contributed by atoms with Crippen molar-refractivity contribution in [3.05, 3.63) is 59.7 Å². The molecular formula is C24H30N2O4. The summed E-state index contributed by atoms with van der Waals surface area (Å²) < 4.78 is 11.2. The van der Waals surface area contributed by atoms with E-state index in [0.717, 1.165) is 22.6 Å². The first-order chi connectivity index (χ1) is 14.6. The summed E-state index contributed by atoms with van der Waals surface area (Å²) >= 11 is 0. The second-order valence-electron chi connectivity index (χ2n) is 7.34. The van der Waals surface area contributed by atoms with Gasteiger partial charge in [-0.1, -0.05) is 43.3 Å². The number of carbonyl (C=O) groups is 2. The van der Waals surface area contributed by atoms with Gasteiger partial charge in [0, 0.05) is 20.0 Å². The minimum absolute atomic E-state index is 0.0173. The first-order valence-electron chi connectivity index (χ1n) is 10.6. The normalized spacial score (nSPS) is 13.4. The molecule has 0 unspecified atom stereocenters. The van der Waals surface area contributed by atoms with Crippen LogP contribution < -0.4 is 14.8 Å². The number of amides is 2. The molecule has 0 aromatic heterocycles. The zero-order valence-electron chi connectivity index (χ0n) is 17.7. The molecule has 30 heavy (non-hydrogen) atoms. The van der Waals surface area contributed by atoms with Crippen molar-refractivity contribution in [3.8, 4) is 11.5 Å². The van der Waals surface area contributed by atoms with Crippen LogP contribution in [-0.2, 0) is 22.4 Å². The summed E-state index contributed by atoms with van der Waals surface area (Å²) in [7, 11) is 1.61. The van der Waals surface area contributed by atoms with Crippen molar-refractivity contribution in [2.45, 2.75) is 38.6 Å². The summed E-state index contributed by atoms with van der Waals surface area (Å²) in [6, 6.07) is 15.3. The lowest BCUT2D eigenvalue weighted by molar-refractivity contribution is -0.140. The largest absolute Gasteiger partial charge is 0.486 e. The van der Waals surface area contributed by atoms with Crippen LogP contribution in [0, 0.1) is 0 Å². The van der Waals surface area contributed by atoms with E-state index in [9.17, 15) is 9.59 Å². The molecule has 0 saturated heterocycles. The van der Waals surface area contributed by atoms with Crippen molar-refractivity contribution in [1.82, 2.24) is 10.2 Å². The fourth-order valence-corrected chi connectivity index (χ4v) is 3.70. The second-order valence-corrected chi connectivity index (χ2v) is 7.34. The number of aryl methyl sites for hydroxylation is 1. The Kier molecular flexibility index (Phi) is 7.71. The maximum absolute atomic E-state index is 13.1. The van der Waals surface area contributed by atoms with Crippen LogP contribution in [0.2, 0.25) is 0 Å². The third kappa shape index (κ3) is 5.53. The van der Waals surface area contributed by atoms with Crippen molar-refractivity contribution in [1.29, 1.82) is 0 Å². The summed E-state index contributed by atoms with van der Waals surface area (Å²) in [5.41, 5.74) is 2.16. The molecule has 0 spiro atoms.